The minimum absolute atomic E-state index is 0.223. The molecule has 0 unspecified atom stereocenters. The third-order valence-electron chi connectivity index (χ3n) is 4.94. The van der Waals surface area contributed by atoms with Crippen LogP contribution in [0.5, 0.6) is 0 Å². The monoisotopic (exact) mass is 435 g/mol. The average molecular weight is 436 g/mol. The minimum Gasteiger partial charge on any atom is -0.478 e. The second-order valence-corrected chi connectivity index (χ2v) is 7.73. The number of rotatable bonds is 3. The van der Waals surface area contributed by atoms with E-state index in [2.05, 4.69) is 47.0 Å². The molecule has 6 heteroatoms. The highest BCUT2D eigenvalue weighted by atomic mass is 79.9. The van der Waals surface area contributed by atoms with Gasteiger partial charge in [0.1, 0.15) is 0 Å². The van der Waals surface area contributed by atoms with E-state index < -0.39 is 5.97 Å². The fraction of sp³-hybridized carbons (Fsp3) is 0.136. The molecule has 0 radical (unpaired) electrons. The third-order valence-corrected chi connectivity index (χ3v) is 5.43. The number of halogens is 1. The van der Waals surface area contributed by atoms with Gasteiger partial charge < -0.3 is 5.11 Å². The van der Waals surface area contributed by atoms with E-state index in [-0.39, 0.29) is 5.56 Å². The molecule has 0 spiro atoms. The maximum absolute atomic E-state index is 11.8. The normalized spacial score (nSPS) is 11.1. The Kier molecular flexibility index (Phi) is 4.51. The fourth-order valence-electron chi connectivity index (χ4n) is 3.54. The van der Waals surface area contributed by atoms with Gasteiger partial charge in [0.2, 0.25) is 0 Å². The van der Waals surface area contributed by atoms with Gasteiger partial charge in [0.05, 0.1) is 34.4 Å². The van der Waals surface area contributed by atoms with Gasteiger partial charge in [0.15, 0.2) is 0 Å². The predicted octanol–water partition coefficient (Wildman–Crippen LogP) is 5.47. The second kappa shape index (κ2) is 6.87. The molecule has 0 saturated carbocycles. The topological polar surface area (TPSA) is 68.0 Å². The van der Waals surface area contributed by atoms with Crippen LogP contribution < -0.4 is 0 Å². The van der Waals surface area contributed by atoms with Crippen molar-refractivity contribution < 1.29 is 9.90 Å². The SMILES string of the molecule is Cc1cccc(C)c1-n1ncc(-c2cc(C(=O)O)c3cc(Br)ccc3n2)c1C. The first-order chi connectivity index (χ1) is 13.4. The summed E-state index contributed by atoms with van der Waals surface area (Å²) in [5.74, 6) is -0.980. The number of fused-ring (bicyclic) bond motifs is 1. The van der Waals surface area contributed by atoms with Crippen LogP contribution in [0.1, 0.15) is 27.2 Å². The highest BCUT2D eigenvalue weighted by Gasteiger charge is 2.18. The summed E-state index contributed by atoms with van der Waals surface area (Å²) in [5.41, 5.74) is 6.47. The Bertz CT molecular complexity index is 1220. The lowest BCUT2D eigenvalue weighted by atomic mass is 10.0. The predicted molar refractivity (Wildman–Crippen MR) is 113 cm³/mol. The number of aryl methyl sites for hydroxylation is 2. The molecule has 0 aliphatic carbocycles. The van der Waals surface area contributed by atoms with Gasteiger partial charge in [-0.3, -0.25) is 0 Å². The van der Waals surface area contributed by atoms with E-state index in [9.17, 15) is 9.90 Å². The summed E-state index contributed by atoms with van der Waals surface area (Å²) in [6.07, 6.45) is 1.75. The number of nitrogens with zero attached hydrogens (tertiary/aromatic N) is 3. The number of aromatic nitrogens is 3. The molecule has 0 atom stereocenters. The minimum atomic E-state index is -0.980. The van der Waals surface area contributed by atoms with Gasteiger partial charge in [-0.15, -0.1) is 0 Å². The lowest BCUT2D eigenvalue weighted by Gasteiger charge is -2.12. The Morgan fingerprint density at radius 2 is 1.79 bits per heavy atom. The van der Waals surface area contributed by atoms with E-state index in [0.717, 1.165) is 32.5 Å². The zero-order chi connectivity index (χ0) is 20.0. The Balaban J connectivity index is 1.94. The van der Waals surface area contributed by atoms with E-state index in [1.54, 1.807) is 18.3 Å². The van der Waals surface area contributed by atoms with Gasteiger partial charge in [0.25, 0.3) is 0 Å². The number of para-hydroxylation sites is 1. The van der Waals surface area contributed by atoms with Crippen molar-refractivity contribution in [3.8, 4) is 16.9 Å². The first-order valence-corrected chi connectivity index (χ1v) is 9.61. The maximum Gasteiger partial charge on any atom is 0.336 e. The first-order valence-electron chi connectivity index (χ1n) is 8.82. The first kappa shape index (κ1) is 18.4. The van der Waals surface area contributed by atoms with Crippen LogP contribution in [0.3, 0.4) is 0 Å². The highest BCUT2D eigenvalue weighted by molar-refractivity contribution is 9.10. The molecule has 1 N–H and O–H groups in total. The van der Waals surface area contributed by atoms with Crippen molar-refractivity contribution in [1.82, 2.24) is 14.8 Å². The van der Waals surface area contributed by atoms with Crippen molar-refractivity contribution in [1.29, 1.82) is 0 Å². The zero-order valence-corrected chi connectivity index (χ0v) is 17.3. The zero-order valence-electron chi connectivity index (χ0n) is 15.7. The number of hydrogen-bond acceptors (Lipinski definition) is 3. The molecule has 2 aromatic heterocycles. The molecular weight excluding hydrogens is 418 g/mol. The number of pyridine rings is 1. The van der Waals surface area contributed by atoms with Crippen LogP contribution in [0.25, 0.3) is 27.8 Å². The van der Waals surface area contributed by atoms with Gasteiger partial charge >= 0.3 is 5.97 Å². The van der Waals surface area contributed by atoms with Gasteiger partial charge in [-0.2, -0.15) is 5.10 Å². The van der Waals surface area contributed by atoms with Crippen molar-refractivity contribution in [3.63, 3.8) is 0 Å². The lowest BCUT2D eigenvalue weighted by Crippen LogP contribution is -2.04. The number of aromatic carboxylic acids is 1. The van der Waals surface area contributed by atoms with Crippen molar-refractivity contribution in [3.05, 3.63) is 75.5 Å². The molecule has 140 valence electrons. The summed E-state index contributed by atoms with van der Waals surface area (Å²) in [6.45, 7) is 6.08. The average Bonchev–Trinajstić information content (AvgIpc) is 3.02. The molecule has 0 aliphatic heterocycles. The van der Waals surface area contributed by atoms with Gasteiger partial charge in [-0.25, -0.2) is 14.5 Å². The van der Waals surface area contributed by atoms with Crippen molar-refractivity contribution >= 4 is 32.8 Å². The summed E-state index contributed by atoms with van der Waals surface area (Å²) in [6, 6.07) is 13.2. The van der Waals surface area contributed by atoms with Crippen LogP contribution in [0.2, 0.25) is 0 Å². The second-order valence-electron chi connectivity index (χ2n) is 6.82. The summed E-state index contributed by atoms with van der Waals surface area (Å²) in [4.78, 5) is 16.6. The van der Waals surface area contributed by atoms with Crippen molar-refractivity contribution in [2.45, 2.75) is 20.8 Å². The molecular formula is C22H18BrN3O2. The number of carbonyl (C=O) groups is 1. The smallest absolute Gasteiger partial charge is 0.336 e. The lowest BCUT2D eigenvalue weighted by molar-refractivity contribution is 0.0699. The quantitative estimate of drug-likeness (QED) is 0.462. The fourth-order valence-corrected chi connectivity index (χ4v) is 3.90. The van der Waals surface area contributed by atoms with Crippen LogP contribution in [0.15, 0.2) is 53.1 Å². The molecule has 2 heterocycles. The van der Waals surface area contributed by atoms with Crippen LogP contribution in [-0.4, -0.2) is 25.8 Å². The van der Waals surface area contributed by atoms with Crippen molar-refractivity contribution in [2.24, 2.45) is 0 Å². The van der Waals surface area contributed by atoms with Crippen molar-refractivity contribution in [2.75, 3.05) is 0 Å². The summed E-state index contributed by atoms with van der Waals surface area (Å²) < 4.78 is 2.71. The van der Waals surface area contributed by atoms with Crippen LogP contribution in [0, 0.1) is 20.8 Å². The number of carboxylic acids is 1. The van der Waals surface area contributed by atoms with Gasteiger partial charge in [-0.1, -0.05) is 34.1 Å². The van der Waals surface area contributed by atoms with Gasteiger partial charge in [0, 0.05) is 15.4 Å². The Morgan fingerprint density at radius 3 is 2.46 bits per heavy atom. The number of hydrogen-bond donors (Lipinski definition) is 1. The van der Waals surface area contributed by atoms with E-state index in [0.29, 0.717) is 16.6 Å². The third kappa shape index (κ3) is 2.99. The molecule has 4 rings (SSSR count). The van der Waals surface area contributed by atoms with E-state index >= 15 is 0 Å². The molecule has 2 aromatic carbocycles. The Hall–Kier alpha value is -2.99. The molecule has 28 heavy (non-hydrogen) atoms. The maximum atomic E-state index is 11.8. The van der Waals surface area contributed by atoms with Crippen LogP contribution >= 0.6 is 15.9 Å². The van der Waals surface area contributed by atoms with E-state index in [1.165, 1.54) is 0 Å². The molecule has 5 nitrogen and oxygen atoms in total. The summed E-state index contributed by atoms with van der Waals surface area (Å²) in [7, 11) is 0. The Morgan fingerprint density at radius 1 is 1.07 bits per heavy atom. The molecule has 4 aromatic rings. The van der Waals surface area contributed by atoms with Crippen LogP contribution in [0.4, 0.5) is 0 Å². The Labute approximate surface area is 170 Å². The van der Waals surface area contributed by atoms with E-state index in [1.807, 2.05) is 29.8 Å². The highest BCUT2D eigenvalue weighted by Crippen LogP contribution is 2.30. The summed E-state index contributed by atoms with van der Waals surface area (Å²) in [5, 5.41) is 14.9. The number of carboxylic acid groups (broad SMARTS) is 1. The number of benzene rings is 2. The molecule has 0 amide bonds. The summed E-state index contributed by atoms with van der Waals surface area (Å²) >= 11 is 3.40. The molecule has 0 saturated heterocycles. The van der Waals surface area contributed by atoms with Crippen LogP contribution in [-0.2, 0) is 0 Å². The largest absolute Gasteiger partial charge is 0.478 e. The molecule has 0 aliphatic rings. The van der Waals surface area contributed by atoms with E-state index in [4.69, 9.17) is 4.98 Å². The molecule has 0 fully saturated rings. The van der Waals surface area contributed by atoms with Gasteiger partial charge in [-0.05, 0) is 56.2 Å². The molecule has 0 bridgehead atoms. The standard InChI is InChI=1S/C22H18BrN3O2/c1-12-5-4-6-13(2)21(12)26-14(3)18(11-24-26)20-10-17(22(27)28)16-9-15(23)7-8-19(16)25-20/h4-11H,1-3H3,(H,27,28).